The third-order valence-corrected chi connectivity index (χ3v) is 8.07. The van der Waals surface area contributed by atoms with Crippen LogP contribution in [0.15, 0.2) is 72.9 Å². The van der Waals surface area contributed by atoms with E-state index in [0.29, 0.717) is 27.8 Å². The maximum absolute atomic E-state index is 12.3. The Morgan fingerprint density at radius 3 is 2.48 bits per heavy atom. The maximum Gasteiger partial charge on any atom is 0.337 e. The van der Waals surface area contributed by atoms with Crippen LogP contribution in [0.25, 0.3) is 5.69 Å². The summed E-state index contributed by atoms with van der Waals surface area (Å²) in [7, 11) is -0.738. The average Bonchev–Trinajstić information content (AvgIpc) is 3.46. The fraction of sp³-hybridized carbons (Fsp3) is 0.233. The molecule has 0 spiro atoms. The fourth-order valence-corrected chi connectivity index (χ4v) is 6.35. The van der Waals surface area contributed by atoms with Crippen LogP contribution in [0.4, 0.5) is 11.4 Å². The van der Waals surface area contributed by atoms with Crippen LogP contribution in [0.2, 0.25) is 0 Å². The van der Waals surface area contributed by atoms with Gasteiger partial charge in [0.15, 0.2) is 5.11 Å². The van der Waals surface area contributed by atoms with Crippen LogP contribution < -0.4 is 19.7 Å². The fourth-order valence-electron chi connectivity index (χ4n) is 5.45. The number of sulfonamides is 1. The predicted molar refractivity (Wildman–Crippen MR) is 166 cm³/mol. The van der Waals surface area contributed by atoms with Gasteiger partial charge in [0, 0.05) is 29.0 Å². The number of rotatable bonds is 8. The normalized spacial score (nSPS) is 16.7. The van der Waals surface area contributed by atoms with Crippen LogP contribution >= 0.6 is 12.2 Å². The molecule has 0 aliphatic carbocycles. The molecule has 3 heterocycles. The molecule has 0 bridgehead atoms. The van der Waals surface area contributed by atoms with Crippen LogP contribution in [-0.4, -0.2) is 49.5 Å². The summed E-state index contributed by atoms with van der Waals surface area (Å²) in [5.41, 5.74) is 5.91. The molecule has 4 aromatic rings. The molecule has 42 heavy (non-hydrogen) atoms. The van der Waals surface area contributed by atoms with Crippen molar-refractivity contribution in [3.8, 4) is 11.4 Å². The van der Waals surface area contributed by atoms with Gasteiger partial charge in [0.25, 0.3) is 0 Å². The number of nitrogens with one attached hydrogen (secondary N) is 2. The standard InChI is InChI=1S/C30H31N5O5S2/c1-18-15-23(19(2)34(18)21-10-8-9-20(16-21)29(36)40-4)28-27(24-11-6-7-14-31-24)32-30(41)35(28)22-12-13-26(39-3)25(17-22)33-42(5,37)38/h6-17,27-28,33H,1-5H3,(H,32,41)/t27-,28+/m0/s1. The van der Waals surface area contributed by atoms with Crippen LogP contribution in [0, 0.1) is 13.8 Å². The van der Waals surface area contributed by atoms with E-state index in [4.69, 9.17) is 21.7 Å². The number of methoxy groups -OCH3 is 2. The summed E-state index contributed by atoms with van der Waals surface area (Å²) in [6.07, 6.45) is 2.83. The molecule has 2 N–H and O–H groups in total. The van der Waals surface area contributed by atoms with Gasteiger partial charge in [-0.05, 0) is 86.2 Å². The Morgan fingerprint density at radius 1 is 1.02 bits per heavy atom. The minimum atomic E-state index is -3.58. The monoisotopic (exact) mass is 605 g/mol. The number of anilines is 2. The highest BCUT2D eigenvalue weighted by Crippen LogP contribution is 2.45. The van der Waals surface area contributed by atoms with Gasteiger partial charge in [-0.25, -0.2) is 13.2 Å². The van der Waals surface area contributed by atoms with Crippen molar-refractivity contribution in [3.63, 3.8) is 0 Å². The number of carbonyl (C=O) groups excluding carboxylic acids is 1. The molecule has 0 amide bonds. The number of hydrogen-bond acceptors (Lipinski definition) is 7. The lowest BCUT2D eigenvalue weighted by atomic mass is 9.96. The van der Waals surface area contributed by atoms with E-state index in [0.717, 1.165) is 34.6 Å². The van der Waals surface area contributed by atoms with E-state index in [-0.39, 0.29) is 12.1 Å². The molecule has 218 valence electrons. The molecule has 5 rings (SSSR count). The number of aromatic nitrogens is 2. The van der Waals surface area contributed by atoms with Gasteiger partial charge in [-0.2, -0.15) is 0 Å². The Labute approximate surface area is 250 Å². The first-order valence-electron chi connectivity index (χ1n) is 13.1. The first-order valence-corrected chi connectivity index (χ1v) is 15.4. The van der Waals surface area contributed by atoms with Crippen molar-refractivity contribution in [2.75, 3.05) is 30.1 Å². The zero-order valence-corrected chi connectivity index (χ0v) is 25.4. The van der Waals surface area contributed by atoms with E-state index >= 15 is 0 Å². The van der Waals surface area contributed by atoms with Crippen LogP contribution in [-0.2, 0) is 14.8 Å². The molecule has 1 saturated heterocycles. The smallest absolute Gasteiger partial charge is 0.337 e. The molecular weight excluding hydrogens is 574 g/mol. The Morgan fingerprint density at radius 2 is 1.81 bits per heavy atom. The van der Waals surface area contributed by atoms with Gasteiger partial charge in [0.05, 0.1) is 49.5 Å². The third-order valence-electron chi connectivity index (χ3n) is 7.17. The zero-order chi connectivity index (χ0) is 30.2. The van der Waals surface area contributed by atoms with E-state index < -0.39 is 16.0 Å². The van der Waals surface area contributed by atoms with Gasteiger partial charge in [-0.3, -0.25) is 9.71 Å². The molecule has 0 unspecified atom stereocenters. The van der Waals surface area contributed by atoms with E-state index in [1.807, 2.05) is 55.1 Å². The Kier molecular flexibility index (Phi) is 7.93. The van der Waals surface area contributed by atoms with E-state index in [9.17, 15) is 13.2 Å². The first-order chi connectivity index (χ1) is 20.0. The van der Waals surface area contributed by atoms with Crippen LogP contribution in [0.1, 0.15) is 45.1 Å². The van der Waals surface area contributed by atoms with Crippen molar-refractivity contribution < 1.29 is 22.7 Å². The number of esters is 1. The van der Waals surface area contributed by atoms with Crippen molar-refractivity contribution in [1.29, 1.82) is 0 Å². The predicted octanol–water partition coefficient (Wildman–Crippen LogP) is 4.83. The number of carbonyl (C=O) groups is 1. The lowest BCUT2D eigenvalue weighted by Gasteiger charge is -2.29. The van der Waals surface area contributed by atoms with Crippen LogP contribution in [0.3, 0.4) is 0 Å². The van der Waals surface area contributed by atoms with Gasteiger partial charge in [-0.15, -0.1) is 0 Å². The summed E-state index contributed by atoms with van der Waals surface area (Å²) < 4.78 is 39.3. The van der Waals surface area contributed by atoms with E-state index in [1.54, 1.807) is 30.5 Å². The number of ether oxygens (including phenoxy) is 2. The third kappa shape index (κ3) is 5.55. The molecule has 12 heteroatoms. The Hall–Kier alpha value is -4.42. The number of benzene rings is 2. The number of pyridine rings is 1. The molecular formula is C30H31N5O5S2. The second-order valence-electron chi connectivity index (χ2n) is 9.96. The Balaban J connectivity index is 1.68. The number of hydrogen-bond donors (Lipinski definition) is 2. The second-order valence-corrected chi connectivity index (χ2v) is 12.1. The second kappa shape index (κ2) is 11.5. The minimum absolute atomic E-state index is 0.297. The maximum atomic E-state index is 12.3. The van der Waals surface area contributed by atoms with Crippen molar-refractivity contribution in [1.82, 2.24) is 14.9 Å². The number of thiocarbonyl (C=S) groups is 1. The average molecular weight is 606 g/mol. The summed E-state index contributed by atoms with van der Waals surface area (Å²) in [6, 6.07) is 19.7. The summed E-state index contributed by atoms with van der Waals surface area (Å²) >= 11 is 5.89. The lowest BCUT2D eigenvalue weighted by Crippen LogP contribution is -2.29. The molecule has 1 aliphatic rings. The van der Waals surface area contributed by atoms with Crippen molar-refractivity contribution in [2.24, 2.45) is 0 Å². The molecule has 2 aromatic heterocycles. The summed E-state index contributed by atoms with van der Waals surface area (Å²) in [5, 5.41) is 3.91. The van der Waals surface area contributed by atoms with Gasteiger partial charge in [0.1, 0.15) is 5.75 Å². The highest BCUT2D eigenvalue weighted by atomic mass is 32.2. The highest BCUT2D eigenvalue weighted by molar-refractivity contribution is 7.92. The van der Waals surface area contributed by atoms with E-state index in [1.165, 1.54) is 14.2 Å². The largest absolute Gasteiger partial charge is 0.495 e. The first kappa shape index (κ1) is 29.1. The summed E-state index contributed by atoms with van der Waals surface area (Å²) in [4.78, 5) is 18.9. The van der Waals surface area contributed by atoms with Gasteiger partial charge in [0.2, 0.25) is 10.0 Å². The van der Waals surface area contributed by atoms with Gasteiger partial charge >= 0.3 is 5.97 Å². The lowest BCUT2D eigenvalue weighted by molar-refractivity contribution is 0.0600. The zero-order valence-electron chi connectivity index (χ0n) is 23.8. The van der Waals surface area contributed by atoms with E-state index in [2.05, 4.69) is 25.7 Å². The number of nitrogens with zero attached hydrogens (tertiary/aromatic N) is 3. The van der Waals surface area contributed by atoms with Crippen molar-refractivity contribution in [3.05, 3.63) is 101 Å². The van der Waals surface area contributed by atoms with Crippen molar-refractivity contribution in [2.45, 2.75) is 25.9 Å². The summed E-state index contributed by atoms with van der Waals surface area (Å²) in [5.74, 6) is -0.0342. The SMILES string of the molecule is COC(=O)c1cccc(-n2c(C)cc([C@@H]3[C@H](c4ccccn4)NC(=S)N3c3ccc(OC)c(NS(C)(=O)=O)c3)c2C)c1. The summed E-state index contributed by atoms with van der Waals surface area (Å²) in [6.45, 7) is 4.02. The van der Waals surface area contributed by atoms with Gasteiger partial charge < -0.3 is 24.3 Å². The molecule has 2 aromatic carbocycles. The molecule has 0 radical (unpaired) electrons. The van der Waals surface area contributed by atoms with Crippen LogP contribution in [0.5, 0.6) is 5.75 Å². The highest BCUT2D eigenvalue weighted by Gasteiger charge is 2.42. The molecule has 10 nitrogen and oxygen atoms in total. The van der Waals surface area contributed by atoms with Gasteiger partial charge in [-0.1, -0.05) is 12.1 Å². The molecule has 1 fully saturated rings. The number of aryl methyl sites for hydroxylation is 1. The minimum Gasteiger partial charge on any atom is -0.495 e. The quantitative estimate of drug-likeness (QED) is 0.215. The topological polar surface area (TPSA) is 115 Å². The molecule has 1 aliphatic heterocycles. The Bertz CT molecular complexity index is 1770. The molecule has 0 saturated carbocycles. The van der Waals surface area contributed by atoms with Crippen molar-refractivity contribution >= 4 is 44.7 Å². The molecule has 2 atom stereocenters.